The third-order valence-electron chi connectivity index (χ3n) is 10.4. The van der Waals surface area contributed by atoms with E-state index >= 15 is 4.39 Å². The van der Waals surface area contributed by atoms with Gasteiger partial charge in [-0.25, -0.2) is 13.2 Å². The van der Waals surface area contributed by atoms with Crippen molar-refractivity contribution in [2.75, 3.05) is 44.7 Å². The zero-order valence-electron chi connectivity index (χ0n) is 27.8. The molecule has 0 N–H and O–H groups in total. The summed E-state index contributed by atoms with van der Waals surface area (Å²) in [6, 6.07) is 13.8. The number of aromatic nitrogens is 5. The molecule has 5 aromatic rings. The quantitative estimate of drug-likeness (QED) is 0.168. The zero-order valence-corrected chi connectivity index (χ0v) is 28.5. The van der Waals surface area contributed by atoms with Gasteiger partial charge in [0.1, 0.15) is 29.8 Å². The van der Waals surface area contributed by atoms with Gasteiger partial charge >= 0.3 is 6.01 Å². The first kappa shape index (κ1) is 33.3. The first-order valence-corrected chi connectivity index (χ1v) is 17.3. The standard InChI is InChI=1S/C37H34ClF3N8O2/c1-47(25-11-15-48(20-25)35(50)29(40)16-24-8-4-13-43-46-24)34-27-18-42-32(26-9-2-6-22-7-3-10-28(38)30(22)26)31(41)33(27)44-36(45-34)51-21-37-12-5-14-49(37)19-23(39)17-37/h2-4,6-10,13,16,18,23,25H,5,11-12,14-15,17,19-21H2,1H3/b29-16-/t23-,25-,37+/m1/s1. The van der Waals surface area contributed by atoms with Crippen LogP contribution >= 0.6 is 11.6 Å². The monoisotopic (exact) mass is 714 g/mol. The van der Waals surface area contributed by atoms with Crippen LogP contribution < -0.4 is 9.64 Å². The van der Waals surface area contributed by atoms with Gasteiger partial charge in [-0.05, 0) is 49.4 Å². The molecule has 0 unspecified atom stereocenters. The molecule has 262 valence electrons. The number of fused-ring (bicyclic) bond motifs is 3. The maximum absolute atomic E-state index is 16.8. The van der Waals surface area contributed by atoms with Crippen LogP contribution in [0.1, 0.15) is 31.4 Å². The molecule has 0 saturated carbocycles. The molecule has 0 aliphatic carbocycles. The van der Waals surface area contributed by atoms with Gasteiger partial charge in [0.15, 0.2) is 11.6 Å². The Morgan fingerprint density at radius 2 is 1.98 bits per heavy atom. The van der Waals surface area contributed by atoms with E-state index in [9.17, 15) is 13.6 Å². The van der Waals surface area contributed by atoms with Crippen LogP contribution in [-0.4, -0.2) is 98.4 Å². The number of likely N-dealkylation sites (N-methyl/N-ethyl adjacent to an activating group) is 1. The van der Waals surface area contributed by atoms with Crippen molar-refractivity contribution in [1.82, 2.24) is 34.9 Å². The molecule has 0 spiro atoms. The second-order valence-electron chi connectivity index (χ2n) is 13.5. The highest BCUT2D eigenvalue weighted by Gasteiger charge is 2.49. The molecule has 3 aromatic heterocycles. The number of rotatable bonds is 8. The Hall–Kier alpha value is -4.88. The fraction of sp³-hybridized carbons (Fsp3) is 0.351. The molecular weight excluding hydrogens is 681 g/mol. The second-order valence-corrected chi connectivity index (χ2v) is 13.9. The molecule has 1 amide bonds. The predicted molar refractivity (Wildman–Crippen MR) is 188 cm³/mol. The number of likely N-dealkylation sites (tertiary alicyclic amines) is 1. The van der Waals surface area contributed by atoms with Crippen molar-refractivity contribution in [3.63, 3.8) is 0 Å². The fourth-order valence-corrected chi connectivity index (χ4v) is 8.12. The summed E-state index contributed by atoms with van der Waals surface area (Å²) in [6.45, 7) is 1.79. The normalized spacial score (nSPS) is 22.2. The molecule has 0 bridgehead atoms. The number of ether oxygens (including phenoxy) is 1. The Morgan fingerprint density at radius 1 is 1.14 bits per heavy atom. The Balaban J connectivity index is 1.15. The lowest BCUT2D eigenvalue weighted by Gasteiger charge is -2.31. The molecule has 2 aromatic carbocycles. The predicted octanol–water partition coefficient (Wildman–Crippen LogP) is 6.43. The van der Waals surface area contributed by atoms with Crippen LogP contribution in [0.15, 0.2) is 66.8 Å². The fourth-order valence-electron chi connectivity index (χ4n) is 7.83. The number of anilines is 1. The van der Waals surface area contributed by atoms with Crippen molar-refractivity contribution in [2.45, 2.75) is 43.4 Å². The van der Waals surface area contributed by atoms with E-state index in [1.54, 1.807) is 31.3 Å². The van der Waals surface area contributed by atoms with Crippen LogP contribution in [0, 0.1) is 5.82 Å². The average molecular weight is 715 g/mol. The molecule has 3 aliphatic heterocycles. The van der Waals surface area contributed by atoms with E-state index in [0.29, 0.717) is 53.1 Å². The molecule has 6 heterocycles. The first-order valence-electron chi connectivity index (χ1n) is 16.9. The van der Waals surface area contributed by atoms with Gasteiger partial charge in [-0.2, -0.15) is 20.2 Å². The third kappa shape index (κ3) is 6.12. The second kappa shape index (κ2) is 13.3. The summed E-state index contributed by atoms with van der Waals surface area (Å²) in [4.78, 5) is 32.3. The number of carbonyl (C=O) groups excluding carboxylic acids is 1. The number of amides is 1. The summed E-state index contributed by atoms with van der Waals surface area (Å²) in [6.07, 6.45) is 5.68. The number of nitrogens with zero attached hydrogens (tertiary/aromatic N) is 8. The van der Waals surface area contributed by atoms with Crippen molar-refractivity contribution < 1.29 is 22.7 Å². The number of hydrogen-bond acceptors (Lipinski definition) is 9. The molecule has 14 heteroatoms. The van der Waals surface area contributed by atoms with E-state index in [1.165, 1.54) is 17.3 Å². The Bertz CT molecular complexity index is 2170. The smallest absolute Gasteiger partial charge is 0.319 e. The summed E-state index contributed by atoms with van der Waals surface area (Å²) in [5.74, 6) is -2.04. The number of benzene rings is 2. The zero-order chi connectivity index (χ0) is 35.3. The van der Waals surface area contributed by atoms with E-state index in [-0.39, 0.29) is 42.1 Å². The van der Waals surface area contributed by atoms with Gasteiger partial charge in [-0.15, -0.1) is 0 Å². The highest BCUT2D eigenvalue weighted by molar-refractivity contribution is 6.36. The average Bonchev–Trinajstić information content (AvgIpc) is 3.85. The first-order chi connectivity index (χ1) is 24.7. The number of pyridine rings is 1. The molecule has 3 atom stereocenters. The number of carbonyl (C=O) groups is 1. The van der Waals surface area contributed by atoms with Gasteiger partial charge < -0.3 is 14.5 Å². The SMILES string of the molecule is CN(c1nc(OC[C@@]23CCCN2C[C@H](F)C3)nc2c(F)c(-c3cccc4cccc(Cl)c34)ncc12)[C@@H]1CCN(C(=O)/C(F)=C/c2cccnn2)C1. The van der Waals surface area contributed by atoms with Crippen LogP contribution in [0.25, 0.3) is 39.0 Å². The van der Waals surface area contributed by atoms with Gasteiger partial charge in [-0.1, -0.05) is 41.9 Å². The molecule has 3 saturated heterocycles. The number of hydrogen-bond donors (Lipinski definition) is 0. The van der Waals surface area contributed by atoms with Gasteiger partial charge in [0.05, 0.1) is 16.6 Å². The summed E-state index contributed by atoms with van der Waals surface area (Å²) in [5.41, 5.74) is 0.335. The van der Waals surface area contributed by atoms with Crippen molar-refractivity contribution >= 4 is 51.1 Å². The van der Waals surface area contributed by atoms with Gasteiger partial charge in [0, 0.05) is 73.6 Å². The largest absolute Gasteiger partial charge is 0.461 e. The summed E-state index contributed by atoms with van der Waals surface area (Å²) in [7, 11) is 1.79. The van der Waals surface area contributed by atoms with Crippen molar-refractivity contribution in [2.24, 2.45) is 0 Å². The van der Waals surface area contributed by atoms with Gasteiger partial charge in [-0.3, -0.25) is 14.7 Å². The minimum Gasteiger partial charge on any atom is -0.461 e. The highest BCUT2D eigenvalue weighted by Crippen LogP contribution is 2.41. The molecule has 8 rings (SSSR count). The Labute approximate surface area is 296 Å². The maximum atomic E-state index is 16.8. The van der Waals surface area contributed by atoms with Crippen molar-refractivity contribution in [3.05, 3.63) is 83.3 Å². The maximum Gasteiger partial charge on any atom is 0.319 e. The minimum atomic E-state index is -0.947. The lowest BCUT2D eigenvalue weighted by Crippen LogP contribution is -2.43. The van der Waals surface area contributed by atoms with E-state index in [2.05, 4.69) is 25.1 Å². The Morgan fingerprint density at radius 3 is 2.80 bits per heavy atom. The minimum absolute atomic E-state index is 0.00430. The lowest BCUT2D eigenvalue weighted by atomic mass is 9.95. The molecular formula is C37H34ClF3N8O2. The van der Waals surface area contributed by atoms with Crippen LogP contribution in [0.3, 0.4) is 0 Å². The van der Waals surface area contributed by atoms with Gasteiger partial charge in [0.2, 0.25) is 0 Å². The van der Waals surface area contributed by atoms with E-state index in [1.807, 2.05) is 29.2 Å². The molecule has 51 heavy (non-hydrogen) atoms. The Kier molecular flexibility index (Phi) is 8.71. The van der Waals surface area contributed by atoms with Crippen molar-refractivity contribution in [1.29, 1.82) is 0 Å². The van der Waals surface area contributed by atoms with Crippen LogP contribution in [0.4, 0.5) is 19.0 Å². The summed E-state index contributed by atoms with van der Waals surface area (Å²) < 4.78 is 52.6. The number of alkyl halides is 1. The number of halogens is 4. The van der Waals surface area contributed by atoms with Crippen molar-refractivity contribution in [3.8, 4) is 17.3 Å². The van der Waals surface area contributed by atoms with Crippen LogP contribution in [-0.2, 0) is 4.79 Å². The molecule has 10 nitrogen and oxygen atoms in total. The van der Waals surface area contributed by atoms with Crippen LogP contribution in [0.2, 0.25) is 5.02 Å². The molecule has 3 fully saturated rings. The summed E-state index contributed by atoms with van der Waals surface area (Å²) >= 11 is 6.60. The molecule has 0 radical (unpaired) electrons. The van der Waals surface area contributed by atoms with Crippen LogP contribution in [0.5, 0.6) is 6.01 Å². The molecule has 3 aliphatic rings. The highest BCUT2D eigenvalue weighted by atomic mass is 35.5. The van der Waals surface area contributed by atoms with E-state index in [4.69, 9.17) is 21.3 Å². The van der Waals surface area contributed by atoms with Gasteiger partial charge in [0.25, 0.3) is 5.91 Å². The van der Waals surface area contributed by atoms with E-state index in [0.717, 1.165) is 30.8 Å². The topological polar surface area (TPSA) is 100 Å². The lowest BCUT2D eigenvalue weighted by molar-refractivity contribution is -0.127. The van der Waals surface area contributed by atoms with E-state index < -0.39 is 29.3 Å². The third-order valence-corrected chi connectivity index (χ3v) is 10.7. The summed E-state index contributed by atoms with van der Waals surface area (Å²) in [5, 5.41) is 9.84.